The molecule has 0 saturated heterocycles. The van der Waals surface area contributed by atoms with E-state index in [0.717, 1.165) is 41.0 Å². The number of hydrogen-bond donors (Lipinski definition) is 1. The number of halogens is 1. The molecule has 6 nitrogen and oxygen atoms in total. The topological polar surface area (TPSA) is 69.0 Å². The number of benzene rings is 2. The molecule has 0 saturated carbocycles. The van der Waals surface area contributed by atoms with Crippen molar-refractivity contribution in [3.05, 3.63) is 70.4 Å². The van der Waals surface area contributed by atoms with E-state index in [1.807, 2.05) is 60.1 Å². The van der Waals surface area contributed by atoms with Crippen molar-refractivity contribution in [3.63, 3.8) is 0 Å². The molecule has 5 rings (SSSR count). The number of carbonyl (C=O) groups is 1. The molecule has 0 radical (unpaired) electrons. The lowest BCUT2D eigenvalue weighted by Crippen LogP contribution is -2.31. The maximum Gasteiger partial charge on any atom is 0.226 e. The van der Waals surface area contributed by atoms with Crippen LogP contribution >= 0.6 is 11.6 Å². The highest BCUT2D eigenvalue weighted by Gasteiger charge is 2.38. The van der Waals surface area contributed by atoms with Gasteiger partial charge in [-0.15, -0.1) is 5.10 Å². The predicted octanol–water partition coefficient (Wildman–Crippen LogP) is 5.02. The molecule has 1 aromatic heterocycles. The molecule has 2 aliphatic rings. The standard InChI is InChI=1S/C23H21ClN4O2/c1-2-30-19-9-4-3-6-16(19)21-20-17(7-5-8-18(20)29)25-23-26-22(27-28(21)23)14-10-12-15(24)13-11-14/h3-4,6,9-13,21H,2,5,7-8H2,1H3,(H,25,26,27). The van der Waals surface area contributed by atoms with Gasteiger partial charge in [0.25, 0.3) is 0 Å². The van der Waals surface area contributed by atoms with Gasteiger partial charge in [-0.25, -0.2) is 4.68 Å². The van der Waals surface area contributed by atoms with Crippen LogP contribution in [0.4, 0.5) is 5.95 Å². The van der Waals surface area contributed by atoms with Crippen LogP contribution in [0.15, 0.2) is 59.8 Å². The second-order valence-corrected chi connectivity index (χ2v) is 7.81. The number of fused-ring (bicyclic) bond motifs is 1. The fraction of sp³-hybridized carbons (Fsp3) is 0.261. The maximum absolute atomic E-state index is 13.0. The molecule has 1 unspecified atom stereocenters. The Labute approximate surface area is 179 Å². The summed E-state index contributed by atoms with van der Waals surface area (Å²) in [6.07, 6.45) is 2.20. The van der Waals surface area contributed by atoms with Gasteiger partial charge in [-0.3, -0.25) is 4.79 Å². The van der Waals surface area contributed by atoms with Crippen molar-refractivity contribution in [2.45, 2.75) is 32.2 Å². The molecule has 1 N–H and O–H groups in total. The molecule has 0 fully saturated rings. The summed E-state index contributed by atoms with van der Waals surface area (Å²) in [6, 6.07) is 14.9. The van der Waals surface area contributed by atoms with Crippen LogP contribution in [-0.4, -0.2) is 27.2 Å². The molecule has 0 amide bonds. The summed E-state index contributed by atoms with van der Waals surface area (Å²) in [5.74, 6) is 2.12. The van der Waals surface area contributed by atoms with Crippen molar-refractivity contribution in [1.29, 1.82) is 0 Å². The summed E-state index contributed by atoms with van der Waals surface area (Å²) >= 11 is 6.03. The van der Waals surface area contributed by atoms with Crippen LogP contribution in [0.5, 0.6) is 5.75 Å². The second kappa shape index (κ2) is 7.61. The fourth-order valence-corrected chi connectivity index (χ4v) is 4.28. The highest BCUT2D eigenvalue weighted by Crippen LogP contribution is 2.43. The molecule has 1 aliphatic heterocycles. The van der Waals surface area contributed by atoms with Gasteiger partial charge in [0.15, 0.2) is 11.6 Å². The Morgan fingerprint density at radius 1 is 1.17 bits per heavy atom. The molecule has 2 heterocycles. The summed E-state index contributed by atoms with van der Waals surface area (Å²) in [6.45, 7) is 2.50. The van der Waals surface area contributed by atoms with Crippen LogP contribution < -0.4 is 10.1 Å². The number of nitrogens with zero attached hydrogens (tertiary/aromatic N) is 3. The van der Waals surface area contributed by atoms with Crippen molar-refractivity contribution >= 4 is 23.3 Å². The van der Waals surface area contributed by atoms with Crippen molar-refractivity contribution < 1.29 is 9.53 Å². The Kier molecular flexibility index (Phi) is 4.79. The number of carbonyl (C=O) groups excluding carboxylic acids is 1. The summed E-state index contributed by atoms with van der Waals surface area (Å²) < 4.78 is 7.70. The number of ketones is 1. The van der Waals surface area contributed by atoms with Crippen molar-refractivity contribution in [1.82, 2.24) is 14.8 Å². The van der Waals surface area contributed by atoms with Crippen molar-refractivity contribution in [2.24, 2.45) is 0 Å². The number of anilines is 1. The van der Waals surface area contributed by atoms with Gasteiger partial charge in [0.1, 0.15) is 11.8 Å². The zero-order valence-electron chi connectivity index (χ0n) is 16.6. The number of rotatable bonds is 4. The lowest BCUT2D eigenvalue weighted by Gasteiger charge is -2.32. The van der Waals surface area contributed by atoms with E-state index in [1.165, 1.54) is 0 Å². The SMILES string of the molecule is CCOc1ccccc1C1C2=C(CCCC2=O)Nc2nc(-c3ccc(Cl)cc3)nn21. The van der Waals surface area contributed by atoms with Gasteiger partial charge in [-0.05, 0) is 50.1 Å². The van der Waals surface area contributed by atoms with Gasteiger partial charge in [-0.1, -0.05) is 29.8 Å². The first kappa shape index (κ1) is 18.9. The zero-order valence-corrected chi connectivity index (χ0v) is 17.3. The van der Waals surface area contributed by atoms with E-state index in [4.69, 9.17) is 26.4 Å². The van der Waals surface area contributed by atoms with Gasteiger partial charge >= 0.3 is 0 Å². The number of hydrogen-bond acceptors (Lipinski definition) is 5. The Balaban J connectivity index is 1.68. The van der Waals surface area contributed by atoms with Gasteiger partial charge in [0.05, 0.1) is 6.61 Å². The predicted molar refractivity (Wildman–Crippen MR) is 116 cm³/mol. The van der Waals surface area contributed by atoms with E-state index < -0.39 is 0 Å². The largest absolute Gasteiger partial charge is 0.494 e. The van der Waals surface area contributed by atoms with Crippen LogP contribution in [0.1, 0.15) is 37.8 Å². The third-order valence-electron chi connectivity index (χ3n) is 5.48. The number of ether oxygens (including phenoxy) is 1. The molecule has 0 bridgehead atoms. The molecule has 3 aromatic rings. The number of allylic oxidation sites excluding steroid dienone is 2. The fourth-order valence-electron chi connectivity index (χ4n) is 4.16. The minimum Gasteiger partial charge on any atom is -0.494 e. The Morgan fingerprint density at radius 2 is 1.97 bits per heavy atom. The number of Topliss-reactive ketones (excluding diaryl/α,β-unsaturated/α-hetero) is 1. The zero-order chi connectivity index (χ0) is 20.7. The highest BCUT2D eigenvalue weighted by atomic mass is 35.5. The van der Waals surface area contributed by atoms with Crippen LogP contribution in [-0.2, 0) is 4.79 Å². The second-order valence-electron chi connectivity index (χ2n) is 7.38. The van der Waals surface area contributed by atoms with E-state index in [2.05, 4.69) is 5.32 Å². The quantitative estimate of drug-likeness (QED) is 0.641. The van der Waals surface area contributed by atoms with Gasteiger partial charge in [0, 0.05) is 33.8 Å². The first-order valence-corrected chi connectivity index (χ1v) is 10.5. The van der Waals surface area contributed by atoms with E-state index in [-0.39, 0.29) is 11.8 Å². The van der Waals surface area contributed by atoms with E-state index >= 15 is 0 Å². The lowest BCUT2D eigenvalue weighted by atomic mass is 9.85. The normalized spacial score (nSPS) is 17.9. The average Bonchev–Trinajstić information content (AvgIpc) is 3.17. The molecule has 30 heavy (non-hydrogen) atoms. The first-order valence-electron chi connectivity index (χ1n) is 10.1. The molecule has 152 valence electrons. The van der Waals surface area contributed by atoms with Gasteiger partial charge in [0.2, 0.25) is 5.95 Å². The minimum absolute atomic E-state index is 0.147. The third-order valence-corrected chi connectivity index (χ3v) is 5.74. The smallest absolute Gasteiger partial charge is 0.226 e. The molecule has 1 aliphatic carbocycles. The summed E-state index contributed by atoms with van der Waals surface area (Å²) in [7, 11) is 0. The van der Waals surface area contributed by atoms with E-state index in [9.17, 15) is 4.79 Å². The summed E-state index contributed by atoms with van der Waals surface area (Å²) in [4.78, 5) is 17.7. The first-order chi connectivity index (χ1) is 14.7. The minimum atomic E-state index is -0.375. The number of para-hydroxylation sites is 1. The Bertz CT molecular complexity index is 1150. The Morgan fingerprint density at radius 3 is 2.77 bits per heavy atom. The molecular weight excluding hydrogens is 400 g/mol. The number of nitrogens with one attached hydrogen (secondary N) is 1. The van der Waals surface area contributed by atoms with Gasteiger partial charge < -0.3 is 10.1 Å². The van der Waals surface area contributed by atoms with Crippen molar-refractivity contribution in [2.75, 3.05) is 11.9 Å². The molecule has 1 atom stereocenters. The highest BCUT2D eigenvalue weighted by molar-refractivity contribution is 6.30. The summed E-state index contributed by atoms with van der Waals surface area (Å²) in [5.41, 5.74) is 3.47. The maximum atomic E-state index is 13.0. The van der Waals surface area contributed by atoms with Gasteiger partial charge in [-0.2, -0.15) is 4.98 Å². The molecule has 7 heteroatoms. The lowest BCUT2D eigenvalue weighted by molar-refractivity contribution is -0.116. The number of aromatic nitrogens is 3. The van der Waals surface area contributed by atoms with Crippen LogP contribution in [0.25, 0.3) is 11.4 Å². The van der Waals surface area contributed by atoms with E-state index in [1.54, 1.807) is 0 Å². The van der Waals surface area contributed by atoms with E-state index in [0.29, 0.717) is 29.8 Å². The van der Waals surface area contributed by atoms with Crippen LogP contribution in [0, 0.1) is 0 Å². The van der Waals surface area contributed by atoms with Crippen molar-refractivity contribution in [3.8, 4) is 17.1 Å². The molecular formula is C23H21ClN4O2. The molecule has 2 aromatic carbocycles. The monoisotopic (exact) mass is 420 g/mol. The molecule has 0 spiro atoms. The Hall–Kier alpha value is -3.12. The average molecular weight is 421 g/mol. The van der Waals surface area contributed by atoms with Crippen LogP contribution in [0.2, 0.25) is 5.02 Å². The van der Waals surface area contributed by atoms with Crippen LogP contribution in [0.3, 0.4) is 0 Å². The third kappa shape index (κ3) is 3.17. The summed E-state index contributed by atoms with van der Waals surface area (Å²) in [5, 5.41) is 8.82.